The number of hydrogen-bond donors (Lipinski definition) is 4. The monoisotopic (exact) mass is 506 g/mol. The lowest BCUT2D eigenvalue weighted by Crippen LogP contribution is -2.38. The summed E-state index contributed by atoms with van der Waals surface area (Å²) >= 11 is 3.31. The van der Waals surface area contributed by atoms with Crippen molar-refractivity contribution in [3.63, 3.8) is 0 Å². The molecule has 3 aromatic carbocycles. The number of phenols is 2. The maximum absolute atomic E-state index is 12.8. The molecule has 4 rings (SSSR count). The van der Waals surface area contributed by atoms with E-state index in [1.165, 1.54) is 6.21 Å². The third-order valence-corrected chi connectivity index (χ3v) is 6.85. The molecule has 0 spiro atoms. The molecule has 33 heavy (non-hydrogen) atoms. The number of rotatable bonds is 5. The summed E-state index contributed by atoms with van der Waals surface area (Å²) in [5.41, 5.74) is 8.63. The molecule has 0 aliphatic carbocycles. The molecule has 1 aliphatic heterocycles. The van der Waals surface area contributed by atoms with Crippen LogP contribution in [0.15, 0.2) is 75.3 Å². The van der Waals surface area contributed by atoms with E-state index in [0.29, 0.717) is 33.3 Å². The van der Waals surface area contributed by atoms with Gasteiger partial charge in [-0.25, -0.2) is 5.43 Å². The van der Waals surface area contributed by atoms with Crippen LogP contribution in [0.5, 0.6) is 11.5 Å². The van der Waals surface area contributed by atoms with E-state index in [-0.39, 0.29) is 11.5 Å². The smallest absolute Gasteiger partial charge is 0.287 e. The van der Waals surface area contributed by atoms with Crippen molar-refractivity contribution in [1.82, 2.24) is 10.9 Å². The van der Waals surface area contributed by atoms with Crippen molar-refractivity contribution in [2.45, 2.75) is 25.8 Å². The number of carbonyl (C=O) groups excluding carboxylic acids is 1. The van der Waals surface area contributed by atoms with Gasteiger partial charge in [0.1, 0.15) is 22.7 Å². The number of phenolic OH excluding ortho intramolecular Hbond substituents is 2. The molecule has 8 heteroatoms. The minimum atomic E-state index is -0.660. The van der Waals surface area contributed by atoms with Gasteiger partial charge in [0.2, 0.25) is 0 Å². The molecule has 0 aromatic heterocycles. The number of halogens is 1. The highest BCUT2D eigenvalue weighted by Crippen LogP contribution is 2.39. The average Bonchev–Trinajstić information content (AvgIpc) is 3.31. The molecule has 7 nitrogen and oxygen atoms in total. The summed E-state index contributed by atoms with van der Waals surface area (Å²) in [6, 6.07) is 19.7. The van der Waals surface area contributed by atoms with Gasteiger partial charge in [0.05, 0.1) is 10.7 Å². The van der Waals surface area contributed by atoms with E-state index in [9.17, 15) is 15.0 Å². The lowest BCUT2D eigenvalue weighted by atomic mass is 9.80. The Kier molecular flexibility index (Phi) is 6.20. The van der Waals surface area contributed by atoms with Crippen LogP contribution in [0.1, 0.15) is 34.2 Å². The first kappa shape index (κ1) is 22.5. The summed E-state index contributed by atoms with van der Waals surface area (Å²) in [5.74, 6) is -0.576. The van der Waals surface area contributed by atoms with Gasteiger partial charge in [0.25, 0.3) is 5.91 Å². The molecular formula is C25H23BrN4O3. The molecule has 0 unspecified atom stereocenters. The Hall–Kier alpha value is -3.65. The van der Waals surface area contributed by atoms with Crippen LogP contribution < -0.4 is 10.9 Å². The quantitative estimate of drug-likeness (QED) is 0.307. The Morgan fingerprint density at radius 1 is 1.03 bits per heavy atom. The van der Waals surface area contributed by atoms with Gasteiger partial charge >= 0.3 is 0 Å². The van der Waals surface area contributed by atoms with Gasteiger partial charge in [-0.3, -0.25) is 10.2 Å². The van der Waals surface area contributed by atoms with Gasteiger partial charge in [-0.15, -0.1) is 0 Å². The summed E-state index contributed by atoms with van der Waals surface area (Å²) in [6.07, 6.45) is 1.70. The van der Waals surface area contributed by atoms with Gasteiger partial charge in [0, 0.05) is 17.5 Å². The van der Waals surface area contributed by atoms with Crippen LogP contribution in [0.2, 0.25) is 0 Å². The van der Waals surface area contributed by atoms with Gasteiger partial charge < -0.3 is 10.2 Å². The predicted molar refractivity (Wildman–Crippen MR) is 132 cm³/mol. The summed E-state index contributed by atoms with van der Waals surface area (Å²) in [6.45, 7) is 3.32. The Balaban J connectivity index is 1.55. The van der Waals surface area contributed by atoms with Gasteiger partial charge in [-0.05, 0) is 46.5 Å². The SMILES string of the molecule is Cc1c(O)c(Br)c(C)c(C=NNC(=O)C2=NNC(c3ccccc3)(c3ccccc3)C2)c1O. The minimum Gasteiger partial charge on any atom is -0.507 e. The topological polar surface area (TPSA) is 106 Å². The lowest BCUT2D eigenvalue weighted by molar-refractivity contribution is -0.114. The molecule has 0 radical (unpaired) electrons. The van der Waals surface area contributed by atoms with Crippen LogP contribution in [0.25, 0.3) is 0 Å². The van der Waals surface area contributed by atoms with Crippen LogP contribution in [0.3, 0.4) is 0 Å². The zero-order chi connectivity index (χ0) is 23.6. The van der Waals surface area contributed by atoms with Gasteiger partial charge in [0.15, 0.2) is 0 Å². The molecular weight excluding hydrogens is 484 g/mol. The Morgan fingerprint density at radius 2 is 1.61 bits per heavy atom. The molecule has 0 saturated carbocycles. The normalized spacial score (nSPS) is 14.7. The highest BCUT2D eigenvalue weighted by atomic mass is 79.9. The summed E-state index contributed by atoms with van der Waals surface area (Å²) in [5, 5.41) is 28.8. The maximum Gasteiger partial charge on any atom is 0.287 e. The van der Waals surface area contributed by atoms with Crippen LogP contribution in [-0.2, 0) is 10.3 Å². The van der Waals surface area contributed by atoms with Crippen LogP contribution in [0.4, 0.5) is 0 Å². The number of nitrogens with zero attached hydrogens (tertiary/aromatic N) is 2. The number of hydrazone groups is 2. The van der Waals surface area contributed by atoms with Crippen molar-refractivity contribution in [1.29, 1.82) is 0 Å². The van der Waals surface area contributed by atoms with Crippen molar-refractivity contribution in [2.75, 3.05) is 0 Å². The maximum atomic E-state index is 12.8. The predicted octanol–water partition coefficient (Wildman–Crippen LogP) is 4.22. The molecule has 1 aliphatic rings. The first-order chi connectivity index (χ1) is 15.8. The molecule has 0 bridgehead atoms. The van der Waals surface area contributed by atoms with E-state index >= 15 is 0 Å². The van der Waals surface area contributed by atoms with E-state index in [1.807, 2.05) is 60.7 Å². The highest BCUT2D eigenvalue weighted by molar-refractivity contribution is 9.10. The van der Waals surface area contributed by atoms with Gasteiger partial charge in [-0.2, -0.15) is 10.2 Å². The molecule has 4 N–H and O–H groups in total. The van der Waals surface area contributed by atoms with Crippen LogP contribution in [-0.4, -0.2) is 28.0 Å². The Morgan fingerprint density at radius 3 is 2.18 bits per heavy atom. The molecule has 1 amide bonds. The van der Waals surface area contributed by atoms with E-state index in [2.05, 4.69) is 37.0 Å². The van der Waals surface area contributed by atoms with E-state index in [0.717, 1.165) is 11.1 Å². The summed E-state index contributed by atoms with van der Waals surface area (Å²) < 4.78 is 0.463. The molecule has 0 fully saturated rings. The molecule has 3 aromatic rings. The average molecular weight is 507 g/mol. The summed E-state index contributed by atoms with van der Waals surface area (Å²) in [7, 11) is 0. The highest BCUT2D eigenvalue weighted by Gasteiger charge is 2.41. The Labute approximate surface area is 200 Å². The summed E-state index contributed by atoms with van der Waals surface area (Å²) in [4.78, 5) is 12.8. The number of amides is 1. The van der Waals surface area contributed by atoms with Crippen LogP contribution in [0, 0.1) is 13.8 Å². The second kappa shape index (κ2) is 9.07. The fourth-order valence-electron chi connectivity index (χ4n) is 3.90. The Bertz CT molecular complexity index is 1190. The number of hydrogen-bond acceptors (Lipinski definition) is 6. The molecule has 0 atom stereocenters. The van der Waals surface area contributed by atoms with Gasteiger partial charge in [-0.1, -0.05) is 60.7 Å². The number of aromatic hydroxyl groups is 2. The number of benzene rings is 3. The second-order valence-corrected chi connectivity index (χ2v) is 8.65. The van der Waals surface area contributed by atoms with Crippen molar-refractivity contribution < 1.29 is 15.0 Å². The molecule has 168 valence electrons. The third kappa shape index (κ3) is 4.09. The largest absolute Gasteiger partial charge is 0.507 e. The van der Waals surface area contributed by atoms with E-state index < -0.39 is 11.4 Å². The first-order valence-electron chi connectivity index (χ1n) is 10.3. The first-order valence-corrected chi connectivity index (χ1v) is 11.1. The zero-order valence-electron chi connectivity index (χ0n) is 18.1. The van der Waals surface area contributed by atoms with Crippen LogP contribution >= 0.6 is 15.9 Å². The van der Waals surface area contributed by atoms with E-state index in [1.54, 1.807) is 13.8 Å². The van der Waals surface area contributed by atoms with Crippen molar-refractivity contribution in [3.05, 3.63) is 93.0 Å². The fourth-order valence-corrected chi connectivity index (χ4v) is 4.41. The number of carbonyl (C=O) groups is 1. The van der Waals surface area contributed by atoms with Crippen molar-refractivity contribution in [3.8, 4) is 11.5 Å². The standard InChI is InChI=1S/C25H23BrN4O3/c1-15-19(22(31)16(2)23(32)21(15)26)14-27-29-24(33)20-13-25(30-28-20,17-9-5-3-6-10-17)18-11-7-4-8-12-18/h3-12,14,30-32H,13H2,1-2H3,(H,29,33). The second-order valence-electron chi connectivity index (χ2n) is 7.86. The van der Waals surface area contributed by atoms with Crippen molar-refractivity contribution in [2.24, 2.45) is 10.2 Å². The van der Waals surface area contributed by atoms with E-state index in [4.69, 9.17) is 0 Å². The lowest BCUT2D eigenvalue weighted by Gasteiger charge is -2.30. The third-order valence-electron chi connectivity index (χ3n) is 5.88. The molecule has 0 saturated heterocycles. The molecule has 1 heterocycles. The van der Waals surface area contributed by atoms with Crippen molar-refractivity contribution >= 4 is 33.8 Å². The number of nitrogens with one attached hydrogen (secondary N) is 2. The zero-order valence-corrected chi connectivity index (χ0v) is 19.7. The minimum absolute atomic E-state index is 0.0317. The fraction of sp³-hybridized carbons (Fsp3) is 0.160.